The minimum Gasteiger partial charge on any atom is -0.363 e. The molecule has 0 saturated carbocycles. The van der Waals surface area contributed by atoms with Gasteiger partial charge in [-0.3, -0.25) is 4.98 Å². The van der Waals surface area contributed by atoms with Crippen molar-refractivity contribution in [3.63, 3.8) is 0 Å². The molecule has 1 atom stereocenters. The number of anilines is 1. The third kappa shape index (κ3) is 3.50. The van der Waals surface area contributed by atoms with Crippen LogP contribution in [0.1, 0.15) is 43.4 Å². The lowest BCUT2D eigenvalue weighted by Crippen LogP contribution is -2.12. The smallest absolute Gasteiger partial charge is 0.130 e. The predicted molar refractivity (Wildman–Crippen MR) is 77.0 cm³/mol. The second-order valence-electron chi connectivity index (χ2n) is 4.53. The summed E-state index contributed by atoms with van der Waals surface area (Å²) in [5.41, 5.74) is 2.30. The average Bonchev–Trinajstić information content (AvgIpc) is 2.45. The second-order valence-corrected chi connectivity index (χ2v) is 4.53. The standard InChI is InChI=1S/C15H20N4/c1-4-13-10-15(18-11(3)17-13)19-14(5-2)12-6-8-16-9-7-12/h6-10,14H,4-5H2,1-3H3,(H,17,18,19). The van der Waals surface area contributed by atoms with Gasteiger partial charge in [0.15, 0.2) is 0 Å². The molecule has 0 spiro atoms. The Balaban J connectivity index is 2.21. The van der Waals surface area contributed by atoms with E-state index in [1.807, 2.05) is 37.5 Å². The van der Waals surface area contributed by atoms with Crippen molar-refractivity contribution in [3.8, 4) is 0 Å². The van der Waals surface area contributed by atoms with E-state index in [1.54, 1.807) is 0 Å². The molecule has 4 heteroatoms. The molecule has 1 unspecified atom stereocenters. The molecule has 0 saturated heterocycles. The summed E-state index contributed by atoms with van der Waals surface area (Å²) in [6.45, 7) is 6.19. The maximum atomic E-state index is 4.46. The van der Waals surface area contributed by atoms with E-state index in [-0.39, 0.29) is 6.04 Å². The number of nitrogens with zero attached hydrogens (tertiary/aromatic N) is 3. The summed E-state index contributed by atoms with van der Waals surface area (Å²) >= 11 is 0. The summed E-state index contributed by atoms with van der Waals surface area (Å²) in [5.74, 6) is 1.71. The summed E-state index contributed by atoms with van der Waals surface area (Å²) in [6.07, 6.45) is 5.56. The van der Waals surface area contributed by atoms with Gasteiger partial charge < -0.3 is 5.32 Å². The summed E-state index contributed by atoms with van der Waals surface area (Å²) < 4.78 is 0. The molecule has 19 heavy (non-hydrogen) atoms. The number of nitrogens with one attached hydrogen (secondary N) is 1. The molecule has 0 amide bonds. The molecular formula is C15H20N4. The van der Waals surface area contributed by atoms with Gasteiger partial charge in [0.1, 0.15) is 11.6 Å². The number of hydrogen-bond acceptors (Lipinski definition) is 4. The fourth-order valence-corrected chi connectivity index (χ4v) is 2.08. The molecule has 2 heterocycles. The van der Waals surface area contributed by atoms with Crippen LogP contribution in [0.2, 0.25) is 0 Å². The summed E-state index contributed by atoms with van der Waals surface area (Å²) in [7, 11) is 0. The Hall–Kier alpha value is -1.97. The van der Waals surface area contributed by atoms with Crippen molar-refractivity contribution in [3.05, 3.63) is 47.7 Å². The van der Waals surface area contributed by atoms with Crippen LogP contribution in [0.5, 0.6) is 0 Å². The topological polar surface area (TPSA) is 50.7 Å². The molecule has 2 aromatic heterocycles. The van der Waals surface area contributed by atoms with Gasteiger partial charge in [0.2, 0.25) is 0 Å². The number of aryl methyl sites for hydroxylation is 2. The zero-order valence-corrected chi connectivity index (χ0v) is 11.7. The van der Waals surface area contributed by atoms with E-state index >= 15 is 0 Å². The minimum absolute atomic E-state index is 0.252. The van der Waals surface area contributed by atoms with Crippen molar-refractivity contribution < 1.29 is 0 Å². The monoisotopic (exact) mass is 256 g/mol. The van der Waals surface area contributed by atoms with Gasteiger partial charge in [-0.25, -0.2) is 9.97 Å². The lowest BCUT2D eigenvalue weighted by atomic mass is 10.1. The van der Waals surface area contributed by atoms with E-state index in [1.165, 1.54) is 5.56 Å². The fraction of sp³-hybridized carbons (Fsp3) is 0.400. The molecule has 2 rings (SSSR count). The van der Waals surface area contributed by atoms with Gasteiger partial charge in [-0.15, -0.1) is 0 Å². The first-order chi connectivity index (χ1) is 9.22. The molecule has 1 N–H and O–H groups in total. The van der Waals surface area contributed by atoms with Crippen molar-refractivity contribution >= 4 is 5.82 Å². The summed E-state index contributed by atoms with van der Waals surface area (Å²) in [4.78, 5) is 12.9. The van der Waals surface area contributed by atoms with Crippen molar-refractivity contribution in [2.24, 2.45) is 0 Å². The van der Waals surface area contributed by atoms with Crippen molar-refractivity contribution in [2.75, 3.05) is 5.32 Å². The number of hydrogen-bond donors (Lipinski definition) is 1. The SMILES string of the molecule is CCc1cc(NC(CC)c2ccncc2)nc(C)n1. The highest BCUT2D eigenvalue weighted by Crippen LogP contribution is 2.21. The van der Waals surface area contributed by atoms with Crippen molar-refractivity contribution in [1.29, 1.82) is 0 Å². The first-order valence-corrected chi connectivity index (χ1v) is 6.74. The maximum Gasteiger partial charge on any atom is 0.130 e. The van der Waals surface area contributed by atoms with Crippen LogP contribution < -0.4 is 5.32 Å². The minimum atomic E-state index is 0.252. The van der Waals surface area contributed by atoms with Crippen LogP contribution in [-0.2, 0) is 6.42 Å². The molecule has 0 aromatic carbocycles. The normalized spacial score (nSPS) is 12.2. The van der Waals surface area contributed by atoms with E-state index in [2.05, 4.69) is 34.1 Å². The molecule has 0 aliphatic heterocycles. The Morgan fingerprint density at radius 1 is 1.16 bits per heavy atom. The van der Waals surface area contributed by atoms with Gasteiger partial charge in [0, 0.05) is 24.2 Å². The first-order valence-electron chi connectivity index (χ1n) is 6.74. The van der Waals surface area contributed by atoms with E-state index in [9.17, 15) is 0 Å². The van der Waals surface area contributed by atoms with E-state index < -0.39 is 0 Å². The lowest BCUT2D eigenvalue weighted by molar-refractivity contribution is 0.739. The van der Waals surface area contributed by atoms with Crippen LogP contribution in [0.4, 0.5) is 5.82 Å². The molecule has 100 valence electrons. The maximum absolute atomic E-state index is 4.46. The number of aromatic nitrogens is 3. The van der Waals surface area contributed by atoms with E-state index in [0.29, 0.717) is 0 Å². The first kappa shape index (κ1) is 13.5. The average molecular weight is 256 g/mol. The van der Waals surface area contributed by atoms with Crippen LogP contribution in [-0.4, -0.2) is 15.0 Å². The molecular weight excluding hydrogens is 236 g/mol. The van der Waals surface area contributed by atoms with Crippen molar-refractivity contribution in [1.82, 2.24) is 15.0 Å². The van der Waals surface area contributed by atoms with Gasteiger partial charge in [0.25, 0.3) is 0 Å². The van der Waals surface area contributed by atoms with Crippen LogP contribution in [0.3, 0.4) is 0 Å². The van der Waals surface area contributed by atoms with Crippen molar-refractivity contribution in [2.45, 2.75) is 39.7 Å². The molecule has 0 fully saturated rings. The number of pyridine rings is 1. The highest BCUT2D eigenvalue weighted by atomic mass is 15.0. The largest absolute Gasteiger partial charge is 0.363 e. The van der Waals surface area contributed by atoms with Gasteiger partial charge >= 0.3 is 0 Å². The highest BCUT2D eigenvalue weighted by Gasteiger charge is 2.10. The Kier molecular flexibility index (Phi) is 4.44. The lowest BCUT2D eigenvalue weighted by Gasteiger charge is -2.18. The van der Waals surface area contributed by atoms with Crippen LogP contribution in [0.15, 0.2) is 30.6 Å². The Morgan fingerprint density at radius 3 is 2.53 bits per heavy atom. The molecule has 0 radical (unpaired) electrons. The Morgan fingerprint density at radius 2 is 1.89 bits per heavy atom. The van der Waals surface area contributed by atoms with Crippen LogP contribution in [0.25, 0.3) is 0 Å². The third-order valence-corrected chi connectivity index (χ3v) is 3.09. The highest BCUT2D eigenvalue weighted by molar-refractivity contribution is 5.39. The summed E-state index contributed by atoms with van der Waals surface area (Å²) in [6, 6.07) is 6.35. The third-order valence-electron chi connectivity index (χ3n) is 3.09. The van der Waals surface area contributed by atoms with Gasteiger partial charge in [-0.2, -0.15) is 0 Å². The zero-order chi connectivity index (χ0) is 13.7. The fourth-order valence-electron chi connectivity index (χ4n) is 2.08. The molecule has 4 nitrogen and oxygen atoms in total. The van der Waals surface area contributed by atoms with E-state index in [0.717, 1.165) is 30.2 Å². The second kappa shape index (κ2) is 6.27. The molecule has 2 aromatic rings. The van der Waals surface area contributed by atoms with Crippen LogP contribution >= 0.6 is 0 Å². The molecule has 0 bridgehead atoms. The van der Waals surface area contributed by atoms with Gasteiger partial charge in [-0.1, -0.05) is 13.8 Å². The van der Waals surface area contributed by atoms with E-state index in [4.69, 9.17) is 0 Å². The Labute approximate surface area is 114 Å². The Bertz CT molecular complexity index is 525. The van der Waals surface area contributed by atoms with Gasteiger partial charge in [0.05, 0.1) is 6.04 Å². The molecule has 0 aliphatic rings. The predicted octanol–water partition coefficient (Wildman–Crippen LogP) is 3.31. The van der Waals surface area contributed by atoms with Crippen LogP contribution in [0, 0.1) is 6.92 Å². The zero-order valence-electron chi connectivity index (χ0n) is 11.7. The molecule has 0 aliphatic carbocycles. The number of rotatable bonds is 5. The summed E-state index contributed by atoms with van der Waals surface area (Å²) in [5, 5.41) is 3.48. The quantitative estimate of drug-likeness (QED) is 0.891. The van der Waals surface area contributed by atoms with Gasteiger partial charge in [-0.05, 0) is 37.5 Å².